The Balaban J connectivity index is 1.80. The van der Waals surface area contributed by atoms with Gasteiger partial charge < -0.3 is 5.32 Å². The molecule has 0 spiro atoms. The van der Waals surface area contributed by atoms with Crippen molar-refractivity contribution in [2.75, 3.05) is 11.9 Å². The lowest BCUT2D eigenvalue weighted by atomic mass is 10.1. The van der Waals surface area contributed by atoms with Crippen LogP contribution in [0.5, 0.6) is 0 Å². The molecule has 0 aromatic heterocycles. The van der Waals surface area contributed by atoms with Crippen LogP contribution in [0.2, 0.25) is 0 Å². The molecule has 26 heavy (non-hydrogen) atoms. The molecule has 0 saturated carbocycles. The summed E-state index contributed by atoms with van der Waals surface area (Å²) in [5, 5.41) is 13.6. The number of fused-ring (bicyclic) bond motifs is 1. The summed E-state index contributed by atoms with van der Waals surface area (Å²) < 4.78 is 0. The lowest BCUT2D eigenvalue weighted by Crippen LogP contribution is -2.37. The normalized spacial score (nSPS) is 12.9. The molecular weight excluding hydrogens is 338 g/mol. The Bertz CT molecular complexity index is 947. The molecule has 1 aliphatic heterocycles. The molecule has 0 bridgehead atoms. The highest BCUT2D eigenvalue weighted by molar-refractivity contribution is 6.23. The number of imide groups is 1. The monoisotopic (exact) mass is 353 g/mol. The number of hydrogen-bond donors (Lipinski definition) is 1. The van der Waals surface area contributed by atoms with Gasteiger partial charge in [0, 0.05) is 17.8 Å². The minimum absolute atomic E-state index is 0.0560. The molecule has 2 aromatic rings. The predicted octanol–water partition coefficient (Wildman–Crippen LogP) is 2.45. The molecule has 8 heteroatoms. The lowest BCUT2D eigenvalue weighted by Gasteiger charge is -2.15. The fourth-order valence-electron chi connectivity index (χ4n) is 2.87. The molecule has 0 fully saturated rings. The fourth-order valence-corrected chi connectivity index (χ4v) is 2.87. The van der Waals surface area contributed by atoms with Gasteiger partial charge in [0.1, 0.15) is 6.54 Å². The van der Waals surface area contributed by atoms with Gasteiger partial charge in [0.15, 0.2) is 0 Å². The number of nitrogens with one attached hydrogen (secondary N) is 1. The van der Waals surface area contributed by atoms with Gasteiger partial charge in [-0.05, 0) is 31.0 Å². The average molecular weight is 353 g/mol. The summed E-state index contributed by atoms with van der Waals surface area (Å²) >= 11 is 0. The molecule has 0 atom stereocenters. The standard InChI is InChI=1S/C18H15N3O5/c1-10-4-3-5-11(2)16(10)19-15(22)9-20-17(23)13-7-6-12(21(25)26)8-14(13)18(20)24/h3-8H,9H2,1-2H3,(H,19,22). The van der Waals surface area contributed by atoms with Gasteiger partial charge in [0.2, 0.25) is 5.91 Å². The predicted molar refractivity (Wildman–Crippen MR) is 93.0 cm³/mol. The third kappa shape index (κ3) is 2.92. The van der Waals surface area contributed by atoms with Crippen LogP contribution in [0.15, 0.2) is 36.4 Å². The van der Waals surface area contributed by atoms with Gasteiger partial charge in [0.25, 0.3) is 17.5 Å². The number of nitro groups is 1. The zero-order valence-corrected chi connectivity index (χ0v) is 14.1. The number of carbonyl (C=O) groups excluding carboxylic acids is 3. The molecule has 1 aliphatic rings. The van der Waals surface area contributed by atoms with E-state index in [2.05, 4.69) is 5.32 Å². The highest BCUT2D eigenvalue weighted by atomic mass is 16.6. The van der Waals surface area contributed by atoms with Gasteiger partial charge in [-0.3, -0.25) is 29.4 Å². The van der Waals surface area contributed by atoms with E-state index in [0.29, 0.717) is 5.69 Å². The van der Waals surface area contributed by atoms with Crippen molar-refractivity contribution in [1.29, 1.82) is 0 Å². The van der Waals surface area contributed by atoms with E-state index >= 15 is 0 Å². The quantitative estimate of drug-likeness (QED) is 0.516. The first-order valence-corrected chi connectivity index (χ1v) is 7.80. The lowest BCUT2D eigenvalue weighted by molar-refractivity contribution is -0.384. The maximum atomic E-state index is 12.4. The fraction of sp³-hybridized carbons (Fsp3) is 0.167. The van der Waals surface area contributed by atoms with E-state index in [0.717, 1.165) is 28.2 Å². The van der Waals surface area contributed by atoms with Crippen LogP contribution < -0.4 is 5.32 Å². The smallest absolute Gasteiger partial charge is 0.270 e. The number of nitro benzene ring substituents is 1. The molecule has 3 amide bonds. The highest BCUT2D eigenvalue weighted by Crippen LogP contribution is 2.27. The van der Waals surface area contributed by atoms with E-state index in [-0.39, 0.29) is 16.8 Å². The number of hydrogen-bond acceptors (Lipinski definition) is 5. The maximum absolute atomic E-state index is 12.4. The summed E-state index contributed by atoms with van der Waals surface area (Å²) in [4.78, 5) is 48.1. The number of rotatable bonds is 4. The Hall–Kier alpha value is -3.55. The average Bonchev–Trinajstić information content (AvgIpc) is 2.83. The Morgan fingerprint density at radius 1 is 1.08 bits per heavy atom. The number of nitrogens with zero attached hydrogens (tertiary/aromatic N) is 2. The molecule has 132 valence electrons. The van der Waals surface area contributed by atoms with Crippen molar-refractivity contribution in [1.82, 2.24) is 4.90 Å². The molecule has 3 rings (SSSR count). The summed E-state index contributed by atoms with van der Waals surface area (Å²) in [6.45, 7) is 3.21. The van der Waals surface area contributed by atoms with Crippen LogP contribution in [-0.4, -0.2) is 34.1 Å². The minimum Gasteiger partial charge on any atom is -0.324 e. The molecule has 8 nitrogen and oxygen atoms in total. The molecule has 1 N–H and O–H groups in total. The van der Waals surface area contributed by atoms with Gasteiger partial charge in [-0.1, -0.05) is 18.2 Å². The van der Waals surface area contributed by atoms with Crippen molar-refractivity contribution in [2.45, 2.75) is 13.8 Å². The van der Waals surface area contributed by atoms with E-state index < -0.39 is 29.2 Å². The van der Waals surface area contributed by atoms with Crippen LogP contribution in [0.25, 0.3) is 0 Å². The number of amides is 3. The summed E-state index contributed by atoms with van der Waals surface area (Å²) in [5.74, 6) is -1.88. The number of benzene rings is 2. The molecule has 0 unspecified atom stereocenters. The first kappa shape index (κ1) is 17.3. The van der Waals surface area contributed by atoms with Crippen LogP contribution in [0.4, 0.5) is 11.4 Å². The maximum Gasteiger partial charge on any atom is 0.270 e. The number of non-ortho nitro benzene ring substituents is 1. The summed E-state index contributed by atoms with van der Waals surface area (Å²) in [7, 11) is 0. The zero-order valence-electron chi connectivity index (χ0n) is 14.1. The van der Waals surface area contributed by atoms with E-state index in [4.69, 9.17) is 0 Å². The first-order valence-electron chi connectivity index (χ1n) is 7.80. The topological polar surface area (TPSA) is 110 Å². The second-order valence-electron chi connectivity index (χ2n) is 6.00. The van der Waals surface area contributed by atoms with Crippen molar-refractivity contribution in [3.63, 3.8) is 0 Å². The largest absolute Gasteiger partial charge is 0.324 e. The third-order valence-electron chi connectivity index (χ3n) is 4.21. The van der Waals surface area contributed by atoms with E-state index in [9.17, 15) is 24.5 Å². The Kier molecular flexibility index (Phi) is 4.25. The van der Waals surface area contributed by atoms with E-state index in [1.54, 1.807) is 0 Å². The second-order valence-corrected chi connectivity index (χ2v) is 6.00. The summed E-state index contributed by atoms with van der Waals surface area (Å²) in [6, 6.07) is 8.98. The van der Waals surface area contributed by atoms with Gasteiger partial charge in [-0.25, -0.2) is 0 Å². The van der Waals surface area contributed by atoms with Crippen LogP contribution in [0, 0.1) is 24.0 Å². The van der Waals surface area contributed by atoms with Crippen LogP contribution in [0.3, 0.4) is 0 Å². The SMILES string of the molecule is Cc1cccc(C)c1NC(=O)CN1C(=O)c2ccc([N+](=O)[O-])cc2C1=O. The molecular formula is C18H15N3O5. The minimum atomic E-state index is -0.717. The van der Waals surface area contributed by atoms with Gasteiger partial charge in [0.05, 0.1) is 16.1 Å². The van der Waals surface area contributed by atoms with Gasteiger partial charge in [-0.2, -0.15) is 0 Å². The summed E-state index contributed by atoms with van der Waals surface area (Å²) in [6.07, 6.45) is 0. The van der Waals surface area contributed by atoms with Gasteiger partial charge >= 0.3 is 0 Å². The van der Waals surface area contributed by atoms with Crippen LogP contribution in [0.1, 0.15) is 31.8 Å². The molecule has 1 heterocycles. The van der Waals surface area contributed by atoms with Crippen molar-refractivity contribution < 1.29 is 19.3 Å². The Morgan fingerprint density at radius 2 is 1.69 bits per heavy atom. The number of aryl methyl sites for hydroxylation is 2. The summed E-state index contributed by atoms with van der Waals surface area (Å²) in [5.41, 5.74) is 2.05. The first-order chi connectivity index (χ1) is 12.3. The van der Waals surface area contributed by atoms with Crippen molar-refractivity contribution in [3.8, 4) is 0 Å². The molecule has 0 radical (unpaired) electrons. The number of anilines is 1. The van der Waals surface area contributed by atoms with Crippen molar-refractivity contribution >= 4 is 29.1 Å². The van der Waals surface area contributed by atoms with Gasteiger partial charge in [-0.15, -0.1) is 0 Å². The van der Waals surface area contributed by atoms with E-state index in [1.807, 2.05) is 32.0 Å². The van der Waals surface area contributed by atoms with Crippen LogP contribution >= 0.6 is 0 Å². The second kappa shape index (κ2) is 6.40. The van der Waals surface area contributed by atoms with E-state index in [1.165, 1.54) is 6.07 Å². The molecule has 0 saturated heterocycles. The number of para-hydroxylation sites is 1. The third-order valence-corrected chi connectivity index (χ3v) is 4.21. The molecule has 2 aromatic carbocycles. The van der Waals surface area contributed by atoms with Crippen LogP contribution in [-0.2, 0) is 4.79 Å². The Morgan fingerprint density at radius 3 is 2.31 bits per heavy atom. The van der Waals surface area contributed by atoms with Crippen molar-refractivity contribution in [2.24, 2.45) is 0 Å². The highest BCUT2D eigenvalue weighted by Gasteiger charge is 2.37. The Labute approximate surface area is 148 Å². The zero-order chi connectivity index (χ0) is 19.0. The number of carbonyl (C=O) groups is 3. The molecule has 0 aliphatic carbocycles. The van der Waals surface area contributed by atoms with Crippen molar-refractivity contribution in [3.05, 3.63) is 68.8 Å².